The van der Waals surface area contributed by atoms with Crippen molar-refractivity contribution in [3.63, 3.8) is 0 Å². The fraction of sp³-hybridized carbons (Fsp3) is 0.333. The number of benzene rings is 2. The number of likely N-dealkylation sites (tertiary alicyclic amines) is 1. The fourth-order valence-electron chi connectivity index (χ4n) is 3.91. The average Bonchev–Trinajstić information content (AvgIpc) is 2.95. The second-order valence-corrected chi connectivity index (χ2v) is 10.4. The molecule has 1 saturated heterocycles. The van der Waals surface area contributed by atoms with Crippen molar-refractivity contribution in [3.05, 3.63) is 69.7 Å². The molecule has 1 atom stereocenters. The highest BCUT2D eigenvalue weighted by atomic mass is 35.5. The van der Waals surface area contributed by atoms with Crippen LogP contribution in [-0.4, -0.2) is 65.8 Å². The summed E-state index contributed by atoms with van der Waals surface area (Å²) in [6, 6.07) is 11.3. The van der Waals surface area contributed by atoms with Crippen LogP contribution in [0.4, 0.5) is 4.79 Å². The van der Waals surface area contributed by atoms with Gasteiger partial charge in [0.2, 0.25) is 11.8 Å². The number of carboxylic acids is 1. The Kier molecular flexibility index (Phi) is 11.5. The Labute approximate surface area is 240 Å². The number of ether oxygens (including phenoxy) is 1. The second-order valence-electron chi connectivity index (χ2n) is 8.76. The van der Waals surface area contributed by atoms with E-state index in [0.29, 0.717) is 41.5 Å². The number of carbonyl (C=O) groups is 4. The van der Waals surface area contributed by atoms with Crippen molar-refractivity contribution in [1.29, 1.82) is 0 Å². The second kappa shape index (κ2) is 14.8. The molecule has 1 aliphatic heterocycles. The normalized spacial score (nSPS) is 14.6. The van der Waals surface area contributed by atoms with E-state index < -0.39 is 29.9 Å². The Balaban J connectivity index is 1.45. The Bertz CT molecular complexity index is 1220. The number of hydrogen-bond acceptors (Lipinski definition) is 6. The first-order chi connectivity index (χ1) is 18.7. The summed E-state index contributed by atoms with van der Waals surface area (Å²) >= 11 is 14.0. The molecule has 0 saturated carbocycles. The number of nitrogens with one attached hydrogen (secondary N) is 2. The maximum atomic E-state index is 12.7. The molecule has 9 nitrogen and oxygen atoms in total. The molecule has 0 bridgehead atoms. The van der Waals surface area contributed by atoms with E-state index in [1.165, 1.54) is 17.8 Å². The molecule has 2 aromatic rings. The van der Waals surface area contributed by atoms with Gasteiger partial charge in [-0.1, -0.05) is 59.6 Å². The maximum absolute atomic E-state index is 12.7. The molecular formula is C27H29Cl2N3O6S. The van der Waals surface area contributed by atoms with E-state index in [1.54, 1.807) is 29.2 Å². The van der Waals surface area contributed by atoms with Crippen molar-refractivity contribution in [1.82, 2.24) is 15.5 Å². The summed E-state index contributed by atoms with van der Waals surface area (Å²) in [6.07, 6.45) is 4.87. The SMILES string of the molecule is CSc1ccc(/C=C/C(=O)N2CCC(C(=O)N[C@@H](CNC(=O)OCc3ccccc3)C(=O)O)CC2)c(Cl)c1Cl. The van der Waals surface area contributed by atoms with Crippen LogP contribution < -0.4 is 10.6 Å². The molecule has 2 aromatic carbocycles. The summed E-state index contributed by atoms with van der Waals surface area (Å²) in [5.41, 5.74) is 1.41. The Morgan fingerprint density at radius 2 is 1.79 bits per heavy atom. The molecule has 12 heteroatoms. The molecule has 39 heavy (non-hydrogen) atoms. The van der Waals surface area contributed by atoms with Crippen LogP contribution in [-0.2, 0) is 25.7 Å². The summed E-state index contributed by atoms with van der Waals surface area (Å²) < 4.78 is 5.07. The number of rotatable bonds is 10. The van der Waals surface area contributed by atoms with E-state index in [0.717, 1.165) is 10.5 Å². The third kappa shape index (κ3) is 8.91. The number of piperidine rings is 1. The van der Waals surface area contributed by atoms with Crippen LogP contribution in [0.1, 0.15) is 24.0 Å². The third-order valence-corrected chi connectivity index (χ3v) is 7.95. The molecule has 0 spiro atoms. The summed E-state index contributed by atoms with van der Waals surface area (Å²) in [5.74, 6) is -2.41. The van der Waals surface area contributed by atoms with Gasteiger partial charge in [0.25, 0.3) is 0 Å². The van der Waals surface area contributed by atoms with Crippen molar-refractivity contribution in [2.75, 3.05) is 25.9 Å². The molecule has 0 radical (unpaired) electrons. The van der Waals surface area contributed by atoms with Crippen molar-refractivity contribution >= 4 is 64.9 Å². The van der Waals surface area contributed by atoms with E-state index >= 15 is 0 Å². The van der Waals surface area contributed by atoms with E-state index in [1.807, 2.05) is 30.5 Å². The lowest BCUT2D eigenvalue weighted by Crippen LogP contribution is -2.51. The number of alkyl carbamates (subject to hydrolysis) is 1. The minimum absolute atomic E-state index is 0.0360. The van der Waals surface area contributed by atoms with Crippen LogP contribution in [0.5, 0.6) is 0 Å². The summed E-state index contributed by atoms with van der Waals surface area (Å²) in [5, 5.41) is 15.1. The minimum atomic E-state index is -1.32. The highest BCUT2D eigenvalue weighted by Gasteiger charge is 2.30. The van der Waals surface area contributed by atoms with Gasteiger partial charge in [0, 0.05) is 30.0 Å². The van der Waals surface area contributed by atoms with Gasteiger partial charge >= 0.3 is 12.1 Å². The molecule has 0 aliphatic carbocycles. The maximum Gasteiger partial charge on any atom is 0.407 e. The van der Waals surface area contributed by atoms with Gasteiger partial charge in [-0.2, -0.15) is 0 Å². The molecule has 1 heterocycles. The number of aliphatic carboxylic acids is 1. The van der Waals surface area contributed by atoms with Gasteiger partial charge in [0.05, 0.1) is 16.6 Å². The molecule has 3 amide bonds. The van der Waals surface area contributed by atoms with E-state index in [4.69, 9.17) is 27.9 Å². The minimum Gasteiger partial charge on any atom is -0.480 e. The van der Waals surface area contributed by atoms with Gasteiger partial charge in [0.15, 0.2) is 0 Å². The predicted octanol–water partition coefficient (Wildman–Crippen LogP) is 4.46. The van der Waals surface area contributed by atoms with Gasteiger partial charge in [0.1, 0.15) is 12.6 Å². The first-order valence-corrected chi connectivity index (χ1v) is 14.1. The lowest BCUT2D eigenvalue weighted by atomic mass is 9.95. The van der Waals surface area contributed by atoms with Crippen LogP contribution in [0, 0.1) is 5.92 Å². The lowest BCUT2D eigenvalue weighted by Gasteiger charge is -2.31. The quantitative estimate of drug-likeness (QED) is 0.274. The van der Waals surface area contributed by atoms with E-state index in [9.17, 15) is 24.3 Å². The number of carboxylic acid groups (broad SMARTS) is 1. The highest BCUT2D eigenvalue weighted by molar-refractivity contribution is 7.98. The summed E-state index contributed by atoms with van der Waals surface area (Å²) in [6.45, 7) is 0.377. The number of nitrogens with zero attached hydrogens (tertiary/aromatic N) is 1. The Morgan fingerprint density at radius 1 is 1.10 bits per heavy atom. The van der Waals surface area contributed by atoms with E-state index in [2.05, 4.69) is 10.6 Å². The monoisotopic (exact) mass is 593 g/mol. The third-order valence-electron chi connectivity index (χ3n) is 6.16. The van der Waals surface area contributed by atoms with Gasteiger partial charge in [-0.15, -0.1) is 11.8 Å². The first-order valence-electron chi connectivity index (χ1n) is 12.2. The molecule has 208 valence electrons. The number of hydrogen-bond donors (Lipinski definition) is 3. The lowest BCUT2D eigenvalue weighted by molar-refractivity contribution is -0.142. The molecule has 3 rings (SSSR count). The topological polar surface area (TPSA) is 125 Å². The van der Waals surface area contributed by atoms with Crippen LogP contribution in [0.2, 0.25) is 10.0 Å². The standard InChI is InChI=1S/C27H29Cl2N3O6S/c1-39-21-9-7-18(23(28)24(21)29)8-10-22(33)32-13-11-19(12-14-32)25(34)31-20(26(35)36)15-30-27(37)38-16-17-5-3-2-4-6-17/h2-10,19-20H,11-16H2,1H3,(H,30,37)(H,31,34)(H,35,36)/b10-8+/t20-/m0/s1. The van der Waals surface area contributed by atoms with Crippen molar-refractivity contribution in [2.24, 2.45) is 5.92 Å². The van der Waals surface area contributed by atoms with Gasteiger partial charge in [-0.25, -0.2) is 9.59 Å². The number of thioether (sulfide) groups is 1. The van der Waals surface area contributed by atoms with Gasteiger partial charge in [-0.3, -0.25) is 9.59 Å². The molecule has 1 aliphatic rings. The molecule has 0 unspecified atom stereocenters. The van der Waals surface area contributed by atoms with Crippen molar-refractivity contribution < 1.29 is 29.0 Å². The molecular weight excluding hydrogens is 565 g/mol. The van der Waals surface area contributed by atoms with Crippen molar-refractivity contribution in [3.8, 4) is 0 Å². The molecule has 1 fully saturated rings. The van der Waals surface area contributed by atoms with Crippen LogP contribution in [0.15, 0.2) is 53.4 Å². The largest absolute Gasteiger partial charge is 0.480 e. The number of halogens is 2. The molecule has 3 N–H and O–H groups in total. The Morgan fingerprint density at radius 3 is 2.44 bits per heavy atom. The Hall–Kier alpha value is -3.21. The zero-order chi connectivity index (χ0) is 28.4. The van der Waals surface area contributed by atoms with Crippen LogP contribution in [0.3, 0.4) is 0 Å². The fourth-order valence-corrected chi connectivity index (χ4v) is 5.08. The van der Waals surface area contributed by atoms with Crippen LogP contribution in [0.25, 0.3) is 6.08 Å². The van der Waals surface area contributed by atoms with Gasteiger partial charge < -0.3 is 25.4 Å². The van der Waals surface area contributed by atoms with Gasteiger partial charge in [-0.05, 0) is 42.4 Å². The summed E-state index contributed by atoms with van der Waals surface area (Å²) in [7, 11) is 0. The predicted molar refractivity (Wildman–Crippen MR) is 151 cm³/mol. The van der Waals surface area contributed by atoms with Crippen LogP contribution >= 0.6 is 35.0 Å². The smallest absolute Gasteiger partial charge is 0.407 e. The summed E-state index contributed by atoms with van der Waals surface area (Å²) in [4.78, 5) is 51.4. The van der Waals surface area contributed by atoms with Crippen molar-refractivity contribution in [2.45, 2.75) is 30.4 Å². The van der Waals surface area contributed by atoms with E-state index in [-0.39, 0.29) is 19.1 Å². The first kappa shape index (κ1) is 30.3. The number of carbonyl (C=O) groups excluding carboxylic acids is 3. The average molecular weight is 595 g/mol. The zero-order valence-electron chi connectivity index (χ0n) is 21.2. The number of amides is 3. The zero-order valence-corrected chi connectivity index (χ0v) is 23.5. The highest BCUT2D eigenvalue weighted by Crippen LogP contribution is 2.35. The molecule has 0 aromatic heterocycles.